The second-order valence-electron chi connectivity index (χ2n) is 6.98. The van der Waals surface area contributed by atoms with E-state index in [4.69, 9.17) is 15.3 Å². The molecule has 9 nitrogen and oxygen atoms in total. The number of carbonyl (C=O) groups excluding carboxylic acids is 3. The monoisotopic (exact) mass is 418 g/mol. The largest absolute Gasteiger partial charge is 0.464 e. The lowest BCUT2D eigenvalue weighted by Crippen LogP contribution is -2.51. The predicted octanol–water partition coefficient (Wildman–Crippen LogP) is 1.06. The number of rotatable bonds is 9. The van der Waals surface area contributed by atoms with Crippen LogP contribution in [0.1, 0.15) is 49.0 Å². The fourth-order valence-electron chi connectivity index (χ4n) is 3.24. The number of hydrazone groups is 1. The van der Waals surface area contributed by atoms with Crippen LogP contribution >= 0.6 is 0 Å². The van der Waals surface area contributed by atoms with Crippen molar-refractivity contribution >= 4 is 24.0 Å². The van der Waals surface area contributed by atoms with Gasteiger partial charge >= 0.3 is 5.97 Å². The molecule has 0 aromatic heterocycles. The van der Waals surface area contributed by atoms with Crippen molar-refractivity contribution in [3.63, 3.8) is 0 Å². The van der Waals surface area contributed by atoms with E-state index in [0.717, 1.165) is 5.56 Å². The van der Waals surface area contributed by atoms with Gasteiger partial charge in [-0.25, -0.2) is 4.79 Å². The quantitative estimate of drug-likeness (QED) is 0.267. The molecule has 1 aromatic carbocycles. The number of hydrogen-bond acceptors (Lipinski definition) is 7. The highest BCUT2D eigenvalue weighted by Crippen LogP contribution is 2.16. The molecule has 0 bridgehead atoms. The molecule has 3 N–H and O–H groups in total. The summed E-state index contributed by atoms with van der Waals surface area (Å²) < 4.78 is 10.4. The average Bonchev–Trinajstić information content (AvgIpc) is 2.76. The van der Waals surface area contributed by atoms with Crippen LogP contribution in [0.25, 0.3) is 0 Å². The van der Waals surface area contributed by atoms with Crippen LogP contribution in [0.4, 0.5) is 0 Å². The van der Waals surface area contributed by atoms with Gasteiger partial charge < -0.3 is 25.5 Å². The Labute approximate surface area is 176 Å². The van der Waals surface area contributed by atoms with Crippen molar-refractivity contribution in [3.05, 3.63) is 35.4 Å². The van der Waals surface area contributed by atoms with Crippen LogP contribution in [0, 0.1) is 0 Å². The minimum Gasteiger partial charge on any atom is -0.464 e. The van der Waals surface area contributed by atoms with Gasteiger partial charge in [0.2, 0.25) is 5.91 Å². The highest BCUT2D eigenvalue weighted by molar-refractivity contribution is 5.98. The number of nitrogens with zero attached hydrogens (tertiary/aromatic N) is 2. The summed E-state index contributed by atoms with van der Waals surface area (Å²) in [7, 11) is 0. The summed E-state index contributed by atoms with van der Waals surface area (Å²) in [6.45, 7) is 4.90. The number of hydrogen-bond donors (Lipinski definition) is 2. The van der Waals surface area contributed by atoms with Gasteiger partial charge in [-0.3, -0.25) is 9.59 Å². The van der Waals surface area contributed by atoms with Crippen LogP contribution in [0.2, 0.25) is 0 Å². The third-order valence-electron chi connectivity index (χ3n) is 4.90. The van der Waals surface area contributed by atoms with E-state index in [0.29, 0.717) is 44.5 Å². The summed E-state index contributed by atoms with van der Waals surface area (Å²) in [5, 5.41) is 6.26. The van der Waals surface area contributed by atoms with Gasteiger partial charge in [-0.1, -0.05) is 19.1 Å². The SMILES string of the molecule is CCOC(=O)COC1CCN(C(=O)[C@H](CC)NC(=O)c2ccc(C=NN)cc2)CC1. The molecule has 1 fully saturated rings. The number of ether oxygens (including phenoxy) is 2. The number of piperidine rings is 1. The number of nitrogens with two attached hydrogens (primary N) is 1. The topological polar surface area (TPSA) is 123 Å². The second-order valence-corrected chi connectivity index (χ2v) is 6.98. The van der Waals surface area contributed by atoms with Crippen LogP contribution in [0.5, 0.6) is 0 Å². The van der Waals surface area contributed by atoms with Gasteiger partial charge in [0.15, 0.2) is 0 Å². The van der Waals surface area contributed by atoms with Crippen LogP contribution < -0.4 is 11.2 Å². The summed E-state index contributed by atoms with van der Waals surface area (Å²) in [4.78, 5) is 38.5. The Hall–Kier alpha value is -2.94. The zero-order valence-electron chi connectivity index (χ0n) is 17.5. The molecule has 1 aliphatic heterocycles. The Kier molecular flexibility index (Phi) is 9.27. The first-order valence-electron chi connectivity index (χ1n) is 10.2. The zero-order chi connectivity index (χ0) is 21.9. The summed E-state index contributed by atoms with van der Waals surface area (Å²) in [5.41, 5.74) is 1.24. The molecule has 30 heavy (non-hydrogen) atoms. The van der Waals surface area contributed by atoms with Crippen LogP contribution in [0.3, 0.4) is 0 Å². The smallest absolute Gasteiger partial charge is 0.332 e. The van der Waals surface area contributed by atoms with Crippen molar-refractivity contribution in [1.82, 2.24) is 10.2 Å². The first-order chi connectivity index (χ1) is 14.5. The van der Waals surface area contributed by atoms with Gasteiger partial charge in [0.25, 0.3) is 5.91 Å². The van der Waals surface area contributed by atoms with E-state index in [-0.39, 0.29) is 30.5 Å². The molecule has 1 saturated heterocycles. The van der Waals surface area contributed by atoms with Gasteiger partial charge in [-0.15, -0.1) is 0 Å². The molecule has 2 amide bonds. The van der Waals surface area contributed by atoms with Crippen LogP contribution in [-0.4, -0.2) is 67.3 Å². The second kappa shape index (κ2) is 11.9. The predicted molar refractivity (Wildman–Crippen MR) is 112 cm³/mol. The highest BCUT2D eigenvalue weighted by Gasteiger charge is 2.29. The lowest BCUT2D eigenvalue weighted by Gasteiger charge is -2.34. The normalized spacial score (nSPS) is 15.7. The third-order valence-corrected chi connectivity index (χ3v) is 4.90. The summed E-state index contributed by atoms with van der Waals surface area (Å²) in [5.74, 6) is 4.32. The van der Waals surface area contributed by atoms with E-state index in [1.54, 1.807) is 36.1 Å². The van der Waals surface area contributed by atoms with E-state index in [9.17, 15) is 14.4 Å². The molecular formula is C21H30N4O5. The van der Waals surface area contributed by atoms with Crippen molar-refractivity contribution in [1.29, 1.82) is 0 Å². The lowest BCUT2D eigenvalue weighted by atomic mass is 10.1. The maximum atomic E-state index is 12.9. The molecule has 1 atom stereocenters. The zero-order valence-corrected chi connectivity index (χ0v) is 17.5. The Morgan fingerprint density at radius 3 is 2.47 bits per heavy atom. The van der Waals surface area contributed by atoms with Crippen LogP contribution in [-0.2, 0) is 19.1 Å². The number of likely N-dealkylation sites (tertiary alicyclic amines) is 1. The Morgan fingerprint density at radius 2 is 1.90 bits per heavy atom. The van der Waals surface area contributed by atoms with E-state index in [1.807, 2.05) is 6.92 Å². The molecule has 1 heterocycles. The molecule has 0 aliphatic carbocycles. The maximum absolute atomic E-state index is 12.9. The van der Waals surface area contributed by atoms with Crippen molar-refractivity contribution in [2.45, 2.75) is 45.3 Å². The molecule has 1 aromatic rings. The maximum Gasteiger partial charge on any atom is 0.332 e. The van der Waals surface area contributed by atoms with E-state index >= 15 is 0 Å². The number of amides is 2. The molecule has 9 heteroatoms. The van der Waals surface area contributed by atoms with Gasteiger partial charge in [0, 0.05) is 18.7 Å². The van der Waals surface area contributed by atoms with Crippen LogP contribution in [0.15, 0.2) is 29.4 Å². The third kappa shape index (κ3) is 6.84. The minimum atomic E-state index is -0.597. The van der Waals surface area contributed by atoms with E-state index in [2.05, 4.69) is 10.4 Å². The first-order valence-corrected chi connectivity index (χ1v) is 10.2. The van der Waals surface area contributed by atoms with E-state index < -0.39 is 6.04 Å². The summed E-state index contributed by atoms with van der Waals surface area (Å²) in [6.07, 6.45) is 3.17. The molecule has 0 saturated carbocycles. The fourth-order valence-corrected chi connectivity index (χ4v) is 3.24. The Bertz CT molecular complexity index is 742. The standard InChI is InChI=1S/C21H30N4O5/c1-3-18(24-20(27)16-7-5-15(6-8-16)13-23-22)21(28)25-11-9-17(10-12-25)30-14-19(26)29-4-2/h5-8,13,17-18H,3-4,9-12,14,22H2,1-2H3,(H,24,27)/t18-/m0/s1. The Balaban J connectivity index is 1.84. The Morgan fingerprint density at radius 1 is 1.23 bits per heavy atom. The summed E-state index contributed by atoms with van der Waals surface area (Å²) >= 11 is 0. The van der Waals surface area contributed by atoms with E-state index in [1.165, 1.54) is 6.21 Å². The van der Waals surface area contributed by atoms with Crippen molar-refractivity contribution in [2.75, 3.05) is 26.3 Å². The number of esters is 1. The molecule has 2 rings (SSSR count). The molecule has 0 spiro atoms. The molecule has 0 radical (unpaired) electrons. The van der Waals surface area contributed by atoms with Crippen molar-refractivity contribution < 1.29 is 23.9 Å². The minimum absolute atomic E-state index is 0.0734. The molecule has 1 aliphatic rings. The van der Waals surface area contributed by atoms with Gasteiger partial charge in [-0.05, 0) is 43.9 Å². The number of benzene rings is 1. The lowest BCUT2D eigenvalue weighted by molar-refractivity contribution is -0.152. The fraction of sp³-hybridized carbons (Fsp3) is 0.524. The van der Waals surface area contributed by atoms with Crippen molar-refractivity contribution in [3.8, 4) is 0 Å². The number of carbonyl (C=O) groups is 3. The molecule has 164 valence electrons. The average molecular weight is 418 g/mol. The molecule has 0 unspecified atom stereocenters. The highest BCUT2D eigenvalue weighted by atomic mass is 16.6. The summed E-state index contributed by atoms with van der Waals surface area (Å²) in [6, 6.07) is 6.19. The van der Waals surface area contributed by atoms with Gasteiger partial charge in [0.1, 0.15) is 12.6 Å². The van der Waals surface area contributed by atoms with Crippen molar-refractivity contribution in [2.24, 2.45) is 10.9 Å². The first kappa shape index (κ1) is 23.3. The molecular weight excluding hydrogens is 388 g/mol. The number of nitrogens with one attached hydrogen (secondary N) is 1. The van der Waals surface area contributed by atoms with Gasteiger partial charge in [0.05, 0.1) is 18.9 Å². The van der Waals surface area contributed by atoms with Gasteiger partial charge in [-0.2, -0.15) is 5.10 Å².